The second kappa shape index (κ2) is 7.91. The van der Waals surface area contributed by atoms with E-state index in [1.54, 1.807) is 23.1 Å². The molecular formula is C22H24FNO3. The van der Waals surface area contributed by atoms with E-state index in [2.05, 4.69) is 0 Å². The lowest BCUT2D eigenvalue weighted by molar-refractivity contribution is -0.148. The highest BCUT2D eigenvalue weighted by Gasteiger charge is 2.43. The van der Waals surface area contributed by atoms with Gasteiger partial charge in [-0.05, 0) is 36.0 Å². The van der Waals surface area contributed by atoms with E-state index < -0.39 is 11.4 Å². The van der Waals surface area contributed by atoms with E-state index in [-0.39, 0.29) is 24.1 Å². The average molecular weight is 369 g/mol. The first-order chi connectivity index (χ1) is 12.9. The molecule has 1 aliphatic heterocycles. The largest absolute Gasteiger partial charge is 0.481 e. The summed E-state index contributed by atoms with van der Waals surface area (Å²) in [6.07, 6.45) is 0.977. The van der Waals surface area contributed by atoms with Crippen LogP contribution in [0.5, 0.6) is 0 Å². The van der Waals surface area contributed by atoms with Gasteiger partial charge in [0.2, 0.25) is 5.91 Å². The third kappa shape index (κ3) is 3.87. The SMILES string of the molecule is CC(CC(=O)N1CCC(C(=O)O)(c2ccccc2)CC1)c1ccccc1F. The van der Waals surface area contributed by atoms with Crippen molar-refractivity contribution >= 4 is 11.9 Å². The molecule has 2 aromatic rings. The number of carboxylic acids is 1. The molecule has 1 aliphatic rings. The van der Waals surface area contributed by atoms with Crippen molar-refractivity contribution < 1.29 is 19.1 Å². The van der Waals surface area contributed by atoms with Gasteiger partial charge in [-0.1, -0.05) is 55.5 Å². The van der Waals surface area contributed by atoms with Crippen LogP contribution >= 0.6 is 0 Å². The molecule has 0 spiro atoms. The van der Waals surface area contributed by atoms with Crippen molar-refractivity contribution in [3.63, 3.8) is 0 Å². The van der Waals surface area contributed by atoms with Gasteiger partial charge in [-0.25, -0.2) is 4.39 Å². The van der Waals surface area contributed by atoms with E-state index in [1.807, 2.05) is 37.3 Å². The number of amides is 1. The normalized spacial score (nSPS) is 17.3. The van der Waals surface area contributed by atoms with Gasteiger partial charge in [0, 0.05) is 19.5 Å². The second-order valence-corrected chi connectivity index (χ2v) is 7.26. The van der Waals surface area contributed by atoms with Gasteiger partial charge in [0.15, 0.2) is 0 Å². The van der Waals surface area contributed by atoms with Crippen LogP contribution in [0.2, 0.25) is 0 Å². The Morgan fingerprint density at radius 3 is 2.26 bits per heavy atom. The standard InChI is InChI=1S/C22H24FNO3/c1-16(18-9-5-6-10-19(18)23)15-20(25)24-13-11-22(12-14-24,21(26)27)17-7-3-2-4-8-17/h2-10,16H,11-15H2,1H3,(H,26,27). The summed E-state index contributed by atoms with van der Waals surface area (Å²) in [6.45, 7) is 2.62. The third-order valence-electron chi connectivity index (χ3n) is 5.62. The number of nitrogens with zero attached hydrogens (tertiary/aromatic N) is 1. The number of aliphatic carboxylic acids is 1. The molecule has 0 aromatic heterocycles. The Labute approximate surface area is 158 Å². The Balaban J connectivity index is 1.67. The van der Waals surface area contributed by atoms with Crippen molar-refractivity contribution in [1.82, 2.24) is 4.90 Å². The summed E-state index contributed by atoms with van der Waals surface area (Å²) in [4.78, 5) is 26.4. The molecule has 1 fully saturated rings. The summed E-state index contributed by atoms with van der Waals surface area (Å²) in [7, 11) is 0. The fourth-order valence-corrected chi connectivity index (χ4v) is 3.90. The maximum atomic E-state index is 13.9. The Hall–Kier alpha value is -2.69. The first-order valence-corrected chi connectivity index (χ1v) is 9.25. The fourth-order valence-electron chi connectivity index (χ4n) is 3.90. The number of carboxylic acid groups (broad SMARTS) is 1. The Bertz CT molecular complexity index is 813. The minimum atomic E-state index is -0.949. The number of hydrogen-bond donors (Lipinski definition) is 1. The van der Waals surface area contributed by atoms with Crippen molar-refractivity contribution in [3.8, 4) is 0 Å². The third-order valence-corrected chi connectivity index (χ3v) is 5.62. The summed E-state index contributed by atoms with van der Waals surface area (Å²) >= 11 is 0. The predicted octanol–water partition coefficient (Wildman–Crippen LogP) is 3.96. The van der Waals surface area contributed by atoms with Gasteiger partial charge in [0.25, 0.3) is 0 Å². The van der Waals surface area contributed by atoms with Crippen LogP contribution in [-0.2, 0) is 15.0 Å². The molecule has 1 saturated heterocycles. The first-order valence-electron chi connectivity index (χ1n) is 9.25. The van der Waals surface area contributed by atoms with Crippen LogP contribution in [0.4, 0.5) is 4.39 Å². The molecule has 0 aliphatic carbocycles. The molecule has 1 atom stereocenters. The average Bonchev–Trinajstić information content (AvgIpc) is 2.68. The predicted molar refractivity (Wildman–Crippen MR) is 101 cm³/mol. The molecule has 142 valence electrons. The number of benzene rings is 2. The summed E-state index contributed by atoms with van der Waals surface area (Å²) in [5.41, 5.74) is 0.367. The summed E-state index contributed by atoms with van der Waals surface area (Å²) in [6, 6.07) is 15.7. The highest BCUT2D eigenvalue weighted by atomic mass is 19.1. The molecule has 3 rings (SSSR count). The smallest absolute Gasteiger partial charge is 0.314 e. The van der Waals surface area contributed by atoms with Crippen molar-refractivity contribution in [1.29, 1.82) is 0 Å². The van der Waals surface area contributed by atoms with Crippen LogP contribution in [0.1, 0.15) is 43.2 Å². The molecule has 5 heteroatoms. The van der Waals surface area contributed by atoms with Gasteiger partial charge in [-0.15, -0.1) is 0 Å². The quantitative estimate of drug-likeness (QED) is 0.868. The number of hydrogen-bond acceptors (Lipinski definition) is 2. The van der Waals surface area contributed by atoms with E-state index in [1.165, 1.54) is 6.07 Å². The molecule has 0 radical (unpaired) electrons. The number of piperidine rings is 1. The van der Waals surface area contributed by atoms with Gasteiger partial charge in [0.1, 0.15) is 5.82 Å². The molecule has 0 saturated carbocycles. The topological polar surface area (TPSA) is 57.6 Å². The molecule has 0 bridgehead atoms. The fraction of sp³-hybridized carbons (Fsp3) is 0.364. The van der Waals surface area contributed by atoms with E-state index in [0.29, 0.717) is 31.5 Å². The van der Waals surface area contributed by atoms with Crippen molar-refractivity contribution in [2.45, 2.75) is 37.5 Å². The Morgan fingerprint density at radius 2 is 1.67 bits per heavy atom. The van der Waals surface area contributed by atoms with E-state index in [4.69, 9.17) is 0 Å². The van der Waals surface area contributed by atoms with Crippen LogP contribution in [0, 0.1) is 5.82 Å². The molecule has 2 aromatic carbocycles. The highest BCUT2D eigenvalue weighted by molar-refractivity contribution is 5.83. The lowest BCUT2D eigenvalue weighted by Gasteiger charge is -2.39. The zero-order chi connectivity index (χ0) is 19.4. The molecule has 1 amide bonds. The van der Waals surface area contributed by atoms with E-state index in [0.717, 1.165) is 5.56 Å². The van der Waals surface area contributed by atoms with Crippen LogP contribution < -0.4 is 0 Å². The Morgan fingerprint density at radius 1 is 1.07 bits per heavy atom. The number of carbonyl (C=O) groups is 2. The van der Waals surface area contributed by atoms with Gasteiger partial charge in [-0.2, -0.15) is 0 Å². The lowest BCUT2D eigenvalue weighted by Crippen LogP contribution is -2.49. The summed E-state index contributed by atoms with van der Waals surface area (Å²) < 4.78 is 13.9. The summed E-state index contributed by atoms with van der Waals surface area (Å²) in [5, 5.41) is 9.85. The monoisotopic (exact) mass is 369 g/mol. The van der Waals surface area contributed by atoms with Crippen LogP contribution in [-0.4, -0.2) is 35.0 Å². The number of rotatable bonds is 5. The second-order valence-electron chi connectivity index (χ2n) is 7.26. The van der Waals surface area contributed by atoms with Crippen LogP contribution in [0.25, 0.3) is 0 Å². The molecule has 1 unspecified atom stereocenters. The zero-order valence-electron chi connectivity index (χ0n) is 15.4. The van der Waals surface area contributed by atoms with Crippen LogP contribution in [0.15, 0.2) is 54.6 Å². The maximum Gasteiger partial charge on any atom is 0.314 e. The highest BCUT2D eigenvalue weighted by Crippen LogP contribution is 2.36. The van der Waals surface area contributed by atoms with Crippen LogP contribution in [0.3, 0.4) is 0 Å². The molecule has 1 N–H and O–H groups in total. The number of likely N-dealkylation sites (tertiary alicyclic amines) is 1. The van der Waals surface area contributed by atoms with Gasteiger partial charge < -0.3 is 10.0 Å². The molecule has 4 nitrogen and oxygen atoms in total. The zero-order valence-corrected chi connectivity index (χ0v) is 15.4. The van der Waals surface area contributed by atoms with Gasteiger partial charge >= 0.3 is 5.97 Å². The molecular weight excluding hydrogens is 345 g/mol. The van der Waals surface area contributed by atoms with Gasteiger partial charge in [0.05, 0.1) is 5.41 Å². The minimum Gasteiger partial charge on any atom is -0.481 e. The van der Waals surface area contributed by atoms with Gasteiger partial charge in [-0.3, -0.25) is 9.59 Å². The molecule has 1 heterocycles. The van der Waals surface area contributed by atoms with E-state index >= 15 is 0 Å². The summed E-state index contributed by atoms with van der Waals surface area (Å²) in [5.74, 6) is -1.43. The maximum absolute atomic E-state index is 13.9. The number of carbonyl (C=O) groups excluding carboxylic acids is 1. The van der Waals surface area contributed by atoms with Crippen molar-refractivity contribution in [2.75, 3.05) is 13.1 Å². The molecule has 27 heavy (non-hydrogen) atoms. The van der Waals surface area contributed by atoms with Crippen molar-refractivity contribution in [3.05, 3.63) is 71.5 Å². The minimum absolute atomic E-state index is 0.0576. The lowest BCUT2D eigenvalue weighted by atomic mass is 9.72. The number of halogens is 1. The Kier molecular flexibility index (Phi) is 5.59. The van der Waals surface area contributed by atoms with Crippen molar-refractivity contribution in [2.24, 2.45) is 0 Å². The first kappa shape index (κ1) is 19.1. The van der Waals surface area contributed by atoms with E-state index in [9.17, 15) is 19.1 Å².